The number of hydrogen-bond donors (Lipinski definition) is 0. The zero-order valence-electron chi connectivity index (χ0n) is 14.1. The molecule has 2 radical (unpaired) electrons. The minimum atomic E-state index is 0. The van der Waals surface area contributed by atoms with Crippen molar-refractivity contribution in [2.45, 2.75) is 58.7 Å². The average Bonchev–Trinajstić information content (AvgIpc) is 2.46. The Morgan fingerprint density at radius 3 is 1.90 bits per heavy atom. The van der Waals surface area contributed by atoms with Crippen molar-refractivity contribution in [2.24, 2.45) is 0 Å². The molecule has 0 fully saturated rings. The van der Waals surface area contributed by atoms with Crippen molar-refractivity contribution < 1.29 is 22.2 Å². The Labute approximate surface area is 145 Å². The molecule has 0 saturated heterocycles. The first kappa shape index (κ1) is 28.7. The van der Waals surface area contributed by atoms with Crippen LogP contribution in [-0.4, -0.2) is 38.7 Å². The summed E-state index contributed by atoms with van der Waals surface area (Å²) in [6.45, 7) is 9.43. The zero-order valence-corrected chi connectivity index (χ0v) is 15.4. The summed E-state index contributed by atoms with van der Waals surface area (Å²) in [4.78, 5) is 12.1. The molecule has 0 aromatic rings. The normalized spacial score (nSPS) is 8.48. The molecule has 0 heterocycles. The fourth-order valence-corrected chi connectivity index (χ4v) is 1.45. The van der Waals surface area contributed by atoms with Gasteiger partial charge in [0.05, 0.1) is 7.85 Å². The Hall–Kier alpha value is -0.473. The van der Waals surface area contributed by atoms with Crippen LogP contribution in [0.15, 0.2) is 12.7 Å². The largest absolute Gasteiger partial charge is 0.306 e. The second-order valence-electron chi connectivity index (χ2n) is 4.67. The number of rotatable bonds is 10. The topological polar surface area (TPSA) is 20.3 Å². The van der Waals surface area contributed by atoms with Crippen LogP contribution in [0.25, 0.3) is 0 Å². The summed E-state index contributed by atoms with van der Waals surface area (Å²) in [5, 5.41) is 0. The number of hydrogen-bond acceptors (Lipinski definition) is 2. The molecule has 0 atom stereocenters. The van der Waals surface area contributed by atoms with Crippen LogP contribution in [0, 0.1) is 12.8 Å². The van der Waals surface area contributed by atoms with Gasteiger partial charge in [-0.15, -0.1) is 12.8 Å². The van der Waals surface area contributed by atoms with Gasteiger partial charge in [0.15, 0.2) is 5.78 Å². The molecule has 0 aliphatic rings. The standard InChI is InChI=1S/C11H24BN.C4H6O.C2H2.Cr/c1-3-4-7-10-13(2)11-8-5-6-9-12;1-3-4(2)5;1-2;/h3-11H2,1-2H3;3H,1H2,2H3;1-2H;. The van der Waals surface area contributed by atoms with Crippen LogP contribution in [0.2, 0.25) is 6.32 Å². The van der Waals surface area contributed by atoms with Crippen LogP contribution < -0.4 is 0 Å². The van der Waals surface area contributed by atoms with E-state index in [1.54, 1.807) is 0 Å². The van der Waals surface area contributed by atoms with Crippen LogP contribution in [0.4, 0.5) is 0 Å². The molecule has 0 bridgehead atoms. The third kappa shape index (κ3) is 38.2. The second-order valence-corrected chi connectivity index (χ2v) is 4.67. The van der Waals surface area contributed by atoms with Crippen molar-refractivity contribution in [3.63, 3.8) is 0 Å². The first-order valence-corrected chi connectivity index (χ1v) is 7.43. The van der Waals surface area contributed by atoms with E-state index in [-0.39, 0.29) is 23.1 Å². The van der Waals surface area contributed by atoms with Crippen molar-refractivity contribution >= 4 is 13.6 Å². The molecule has 0 N–H and O–H groups in total. The molecule has 0 aliphatic heterocycles. The van der Waals surface area contributed by atoms with Gasteiger partial charge >= 0.3 is 0 Å². The predicted molar refractivity (Wildman–Crippen MR) is 92.2 cm³/mol. The number of terminal acetylenes is 1. The van der Waals surface area contributed by atoms with E-state index in [1.807, 2.05) is 0 Å². The van der Waals surface area contributed by atoms with Crippen molar-refractivity contribution in [3.05, 3.63) is 12.7 Å². The Bertz CT molecular complexity index is 232. The molecule has 0 rings (SSSR count). The van der Waals surface area contributed by atoms with Gasteiger partial charge in [-0.3, -0.25) is 4.79 Å². The van der Waals surface area contributed by atoms with E-state index in [0.29, 0.717) is 0 Å². The van der Waals surface area contributed by atoms with Crippen LogP contribution in [0.1, 0.15) is 52.4 Å². The minimum Gasteiger partial charge on any atom is -0.306 e. The maximum absolute atomic E-state index is 9.69. The van der Waals surface area contributed by atoms with Crippen LogP contribution in [0.5, 0.6) is 0 Å². The molecule has 0 aliphatic carbocycles. The minimum absolute atomic E-state index is 0. The van der Waals surface area contributed by atoms with Crippen molar-refractivity contribution in [3.8, 4) is 12.8 Å². The summed E-state index contributed by atoms with van der Waals surface area (Å²) in [5.41, 5.74) is 0. The fraction of sp³-hybridized carbons (Fsp3) is 0.706. The first-order valence-electron chi connectivity index (χ1n) is 7.43. The maximum atomic E-state index is 9.69. The van der Waals surface area contributed by atoms with E-state index in [1.165, 1.54) is 64.6 Å². The molecule has 0 aromatic heterocycles. The first-order chi connectivity index (χ1) is 9.58. The van der Waals surface area contributed by atoms with E-state index < -0.39 is 0 Å². The van der Waals surface area contributed by atoms with Gasteiger partial charge in [-0.1, -0.05) is 45.5 Å². The third-order valence-electron chi connectivity index (χ3n) is 2.67. The number of nitrogens with zero attached hydrogens (tertiary/aromatic N) is 1. The van der Waals surface area contributed by atoms with Crippen LogP contribution in [0.3, 0.4) is 0 Å². The van der Waals surface area contributed by atoms with Gasteiger partial charge in [-0.25, -0.2) is 0 Å². The number of carbonyl (C=O) groups is 1. The Balaban J connectivity index is -0.000000153. The predicted octanol–water partition coefficient (Wildman–Crippen LogP) is 3.87. The summed E-state index contributed by atoms with van der Waals surface area (Å²) >= 11 is 0. The van der Waals surface area contributed by atoms with Gasteiger partial charge < -0.3 is 4.90 Å². The van der Waals surface area contributed by atoms with Gasteiger partial charge in [0.25, 0.3) is 0 Å². The van der Waals surface area contributed by atoms with E-state index in [0.717, 1.165) is 6.32 Å². The summed E-state index contributed by atoms with van der Waals surface area (Å²) in [6.07, 6.45) is 17.9. The molecule has 120 valence electrons. The molecular weight excluding hydrogens is 297 g/mol. The molecule has 21 heavy (non-hydrogen) atoms. The summed E-state index contributed by atoms with van der Waals surface area (Å²) < 4.78 is 0. The Kier molecular flexibility index (Phi) is 37.9. The van der Waals surface area contributed by atoms with Crippen molar-refractivity contribution in [1.29, 1.82) is 0 Å². The van der Waals surface area contributed by atoms with Gasteiger partial charge in [-0.2, -0.15) is 0 Å². The molecule has 0 aromatic carbocycles. The quantitative estimate of drug-likeness (QED) is 0.262. The third-order valence-corrected chi connectivity index (χ3v) is 2.67. The summed E-state index contributed by atoms with van der Waals surface area (Å²) in [7, 11) is 7.65. The molecule has 0 amide bonds. The van der Waals surface area contributed by atoms with Gasteiger partial charge in [0, 0.05) is 17.4 Å². The SMILES string of the molecule is C#C.C=CC(C)=O.[B]CCCCCN(C)CCCCC.[Cr]. The van der Waals surface area contributed by atoms with E-state index in [2.05, 4.69) is 38.3 Å². The number of ketones is 1. The monoisotopic (exact) mass is 329 g/mol. The maximum Gasteiger partial charge on any atom is 0.152 e. The molecule has 0 spiro atoms. The molecule has 0 unspecified atom stereocenters. The Morgan fingerprint density at radius 1 is 1.14 bits per heavy atom. The van der Waals surface area contributed by atoms with E-state index in [4.69, 9.17) is 7.85 Å². The van der Waals surface area contributed by atoms with E-state index >= 15 is 0 Å². The van der Waals surface area contributed by atoms with Crippen LogP contribution in [-0.2, 0) is 22.2 Å². The van der Waals surface area contributed by atoms with Gasteiger partial charge in [-0.05, 0) is 46.0 Å². The molecular formula is C17H32BCrNO. The zero-order chi connectivity index (χ0) is 16.2. The summed E-state index contributed by atoms with van der Waals surface area (Å²) in [6, 6.07) is 0. The number of allylic oxidation sites excluding steroid dienone is 1. The van der Waals surface area contributed by atoms with Crippen LogP contribution >= 0.6 is 0 Å². The van der Waals surface area contributed by atoms with Crippen molar-refractivity contribution in [1.82, 2.24) is 4.90 Å². The number of unbranched alkanes of at least 4 members (excludes halogenated alkanes) is 4. The molecule has 2 nitrogen and oxygen atoms in total. The Morgan fingerprint density at radius 2 is 1.57 bits per heavy atom. The molecule has 4 heteroatoms. The van der Waals surface area contributed by atoms with Gasteiger partial charge in [0.2, 0.25) is 0 Å². The summed E-state index contributed by atoms with van der Waals surface area (Å²) in [5.74, 6) is 0.0185. The second kappa shape index (κ2) is 27.8. The van der Waals surface area contributed by atoms with E-state index in [9.17, 15) is 4.79 Å². The van der Waals surface area contributed by atoms with Crippen molar-refractivity contribution in [2.75, 3.05) is 20.1 Å². The van der Waals surface area contributed by atoms with Gasteiger partial charge in [0.1, 0.15) is 0 Å². The fourth-order valence-electron chi connectivity index (χ4n) is 1.45. The average molecular weight is 329 g/mol. The smallest absolute Gasteiger partial charge is 0.152 e. The molecule has 0 saturated carbocycles. The number of carbonyl (C=O) groups excluding carboxylic acids is 1.